The fourth-order valence-corrected chi connectivity index (χ4v) is 2.69. The number of anilines is 1. The van der Waals surface area contributed by atoms with E-state index in [1.165, 1.54) is 38.3 Å². The van der Waals surface area contributed by atoms with Crippen LogP contribution in [0.15, 0.2) is 24.3 Å². The Morgan fingerprint density at radius 1 is 1.24 bits per heavy atom. The molecule has 1 N–H and O–H groups in total. The molecule has 6 nitrogen and oxygen atoms in total. The van der Waals surface area contributed by atoms with Gasteiger partial charge >= 0.3 is 12.1 Å². The fourth-order valence-electron chi connectivity index (χ4n) is 1.81. The molecular weight excluding hydrogens is 361 g/mol. The van der Waals surface area contributed by atoms with E-state index in [1.807, 2.05) is 0 Å². The summed E-state index contributed by atoms with van der Waals surface area (Å²) in [5.41, 5.74) is -1.19. The summed E-state index contributed by atoms with van der Waals surface area (Å²) in [5, 5.41) is 1.89. The standard InChI is InChI=1S/C15H13F3N2O4S/c1-3-24-13(22)10-11(15(16,17)18)19-14(25-10)20-12(21)8-4-6-9(23-2)7-5-8/h4-7H,3H2,1-2H3,(H,19,20,21). The topological polar surface area (TPSA) is 77.5 Å². The van der Waals surface area contributed by atoms with Crippen LogP contribution in [-0.2, 0) is 10.9 Å². The molecule has 0 radical (unpaired) electrons. The summed E-state index contributed by atoms with van der Waals surface area (Å²) in [5.74, 6) is -1.28. The fraction of sp³-hybridized carbons (Fsp3) is 0.267. The molecule has 1 aromatic carbocycles. The van der Waals surface area contributed by atoms with Crippen LogP contribution in [0.4, 0.5) is 18.3 Å². The van der Waals surface area contributed by atoms with E-state index >= 15 is 0 Å². The lowest BCUT2D eigenvalue weighted by atomic mass is 10.2. The second-order valence-electron chi connectivity index (χ2n) is 4.60. The number of amides is 1. The minimum Gasteiger partial charge on any atom is -0.497 e. The van der Waals surface area contributed by atoms with Gasteiger partial charge in [0.2, 0.25) is 0 Å². The Bertz CT molecular complexity index is 772. The number of ether oxygens (including phenoxy) is 2. The van der Waals surface area contributed by atoms with Crippen LogP contribution in [0.2, 0.25) is 0 Å². The van der Waals surface area contributed by atoms with Crippen LogP contribution in [-0.4, -0.2) is 30.6 Å². The van der Waals surface area contributed by atoms with Crippen LogP contribution in [0.25, 0.3) is 0 Å². The molecule has 0 saturated heterocycles. The predicted octanol–water partition coefficient (Wildman–Crippen LogP) is 3.60. The number of carbonyl (C=O) groups excluding carboxylic acids is 2. The van der Waals surface area contributed by atoms with Gasteiger partial charge in [0.05, 0.1) is 13.7 Å². The minimum absolute atomic E-state index is 0.0818. The Morgan fingerprint density at radius 2 is 1.88 bits per heavy atom. The number of hydrogen-bond acceptors (Lipinski definition) is 6. The number of aromatic nitrogens is 1. The number of hydrogen-bond donors (Lipinski definition) is 1. The van der Waals surface area contributed by atoms with Crippen molar-refractivity contribution in [1.29, 1.82) is 0 Å². The number of methoxy groups -OCH3 is 1. The summed E-state index contributed by atoms with van der Waals surface area (Å²) in [4.78, 5) is 26.4. The SMILES string of the molecule is CCOC(=O)c1sc(NC(=O)c2ccc(OC)cc2)nc1C(F)(F)F. The van der Waals surface area contributed by atoms with Gasteiger partial charge in [0, 0.05) is 5.56 Å². The normalized spacial score (nSPS) is 11.1. The number of thiazole rings is 1. The lowest BCUT2D eigenvalue weighted by molar-refractivity contribution is -0.141. The maximum Gasteiger partial charge on any atom is 0.435 e. The highest BCUT2D eigenvalue weighted by molar-refractivity contribution is 7.17. The molecule has 0 atom stereocenters. The zero-order valence-corrected chi connectivity index (χ0v) is 14.0. The molecule has 2 aromatic rings. The molecule has 10 heteroatoms. The molecule has 134 valence electrons. The average molecular weight is 374 g/mol. The van der Waals surface area contributed by atoms with Gasteiger partial charge < -0.3 is 9.47 Å². The number of nitrogens with zero attached hydrogens (tertiary/aromatic N) is 1. The smallest absolute Gasteiger partial charge is 0.435 e. The molecule has 1 amide bonds. The van der Waals surface area contributed by atoms with Gasteiger partial charge in [0.15, 0.2) is 10.8 Å². The molecule has 0 saturated carbocycles. The molecule has 0 fully saturated rings. The van der Waals surface area contributed by atoms with E-state index in [-0.39, 0.29) is 17.3 Å². The minimum atomic E-state index is -4.85. The van der Waals surface area contributed by atoms with E-state index < -0.39 is 28.6 Å². The van der Waals surface area contributed by atoms with Crippen molar-refractivity contribution < 1.29 is 32.2 Å². The van der Waals surface area contributed by atoms with Gasteiger partial charge in [-0.2, -0.15) is 13.2 Å². The van der Waals surface area contributed by atoms with Crippen molar-refractivity contribution in [3.05, 3.63) is 40.4 Å². The van der Waals surface area contributed by atoms with Gasteiger partial charge in [-0.25, -0.2) is 9.78 Å². The second kappa shape index (κ2) is 7.51. The molecule has 2 rings (SSSR count). The molecule has 0 unspecified atom stereocenters. The Labute approximate surface area is 144 Å². The summed E-state index contributed by atoms with van der Waals surface area (Å²) in [7, 11) is 1.46. The van der Waals surface area contributed by atoms with Crippen molar-refractivity contribution in [2.45, 2.75) is 13.1 Å². The first-order valence-corrected chi connectivity index (χ1v) is 7.78. The number of esters is 1. The first-order chi connectivity index (χ1) is 11.8. The average Bonchev–Trinajstić information content (AvgIpc) is 2.99. The largest absolute Gasteiger partial charge is 0.497 e. The van der Waals surface area contributed by atoms with E-state index in [0.717, 1.165) is 0 Å². The van der Waals surface area contributed by atoms with Gasteiger partial charge in [-0.1, -0.05) is 11.3 Å². The number of benzene rings is 1. The van der Waals surface area contributed by atoms with Crippen molar-refractivity contribution >= 4 is 28.3 Å². The molecule has 1 aromatic heterocycles. The molecule has 0 spiro atoms. The molecule has 25 heavy (non-hydrogen) atoms. The van der Waals surface area contributed by atoms with Crippen LogP contribution < -0.4 is 10.1 Å². The zero-order valence-electron chi connectivity index (χ0n) is 13.1. The van der Waals surface area contributed by atoms with Crippen LogP contribution >= 0.6 is 11.3 Å². The molecule has 0 bridgehead atoms. The highest BCUT2D eigenvalue weighted by atomic mass is 32.1. The number of halogens is 3. The lowest BCUT2D eigenvalue weighted by Crippen LogP contribution is -2.14. The number of nitrogens with one attached hydrogen (secondary N) is 1. The van der Waals surface area contributed by atoms with Gasteiger partial charge in [-0.05, 0) is 31.2 Å². The Hall–Kier alpha value is -2.62. The highest BCUT2D eigenvalue weighted by Gasteiger charge is 2.40. The van der Waals surface area contributed by atoms with Crippen molar-refractivity contribution in [2.75, 3.05) is 19.0 Å². The third-order valence-electron chi connectivity index (χ3n) is 2.93. The van der Waals surface area contributed by atoms with E-state index in [1.54, 1.807) is 0 Å². The third-order valence-corrected chi connectivity index (χ3v) is 3.88. The van der Waals surface area contributed by atoms with Crippen LogP contribution in [0, 0.1) is 0 Å². The third kappa shape index (κ3) is 4.47. The lowest BCUT2D eigenvalue weighted by Gasteiger charge is -2.05. The maximum atomic E-state index is 13.0. The Kier molecular flexibility index (Phi) is 5.62. The molecule has 0 aliphatic carbocycles. The highest BCUT2D eigenvalue weighted by Crippen LogP contribution is 2.36. The molecule has 1 heterocycles. The van der Waals surface area contributed by atoms with Crippen LogP contribution in [0.1, 0.15) is 32.6 Å². The number of alkyl halides is 3. The first-order valence-electron chi connectivity index (χ1n) is 6.96. The van der Waals surface area contributed by atoms with Crippen molar-refractivity contribution in [1.82, 2.24) is 4.98 Å². The van der Waals surface area contributed by atoms with Gasteiger partial charge in [0.25, 0.3) is 5.91 Å². The van der Waals surface area contributed by atoms with Crippen LogP contribution in [0.5, 0.6) is 5.75 Å². The van der Waals surface area contributed by atoms with Crippen molar-refractivity contribution in [3.8, 4) is 5.75 Å². The van der Waals surface area contributed by atoms with Gasteiger partial charge in [0.1, 0.15) is 10.6 Å². The summed E-state index contributed by atoms with van der Waals surface area (Å²) in [6.07, 6.45) is -4.85. The summed E-state index contributed by atoms with van der Waals surface area (Å²) >= 11 is 0.403. The number of carbonyl (C=O) groups is 2. The quantitative estimate of drug-likeness (QED) is 0.809. The molecular formula is C15H13F3N2O4S. The number of rotatable bonds is 5. The van der Waals surface area contributed by atoms with E-state index in [2.05, 4.69) is 15.0 Å². The van der Waals surface area contributed by atoms with Crippen molar-refractivity contribution in [2.24, 2.45) is 0 Å². The molecule has 0 aliphatic heterocycles. The molecule has 0 aliphatic rings. The Balaban J connectivity index is 2.26. The zero-order chi connectivity index (χ0) is 18.6. The van der Waals surface area contributed by atoms with Crippen molar-refractivity contribution in [3.63, 3.8) is 0 Å². The van der Waals surface area contributed by atoms with E-state index in [4.69, 9.17) is 4.74 Å². The van der Waals surface area contributed by atoms with Crippen LogP contribution in [0.3, 0.4) is 0 Å². The Morgan fingerprint density at radius 3 is 2.40 bits per heavy atom. The van der Waals surface area contributed by atoms with Gasteiger partial charge in [-0.15, -0.1) is 0 Å². The summed E-state index contributed by atoms with van der Waals surface area (Å²) in [6.45, 7) is 1.39. The van der Waals surface area contributed by atoms with Gasteiger partial charge in [-0.3, -0.25) is 10.1 Å². The van der Waals surface area contributed by atoms with E-state index in [9.17, 15) is 22.8 Å². The predicted molar refractivity (Wildman–Crippen MR) is 84.0 cm³/mol. The maximum absolute atomic E-state index is 13.0. The monoisotopic (exact) mass is 374 g/mol. The summed E-state index contributed by atoms with van der Waals surface area (Å²) < 4.78 is 48.6. The first kappa shape index (κ1) is 18.7. The summed E-state index contributed by atoms with van der Waals surface area (Å²) in [6, 6.07) is 5.95. The van der Waals surface area contributed by atoms with E-state index in [0.29, 0.717) is 17.1 Å². The second-order valence-corrected chi connectivity index (χ2v) is 5.60.